The van der Waals surface area contributed by atoms with E-state index in [-0.39, 0.29) is 21.2 Å². The lowest BCUT2D eigenvalue weighted by Gasteiger charge is -2.12. The van der Waals surface area contributed by atoms with Crippen molar-refractivity contribution in [1.82, 2.24) is 9.36 Å². The van der Waals surface area contributed by atoms with Crippen molar-refractivity contribution in [2.75, 3.05) is 10.0 Å². The van der Waals surface area contributed by atoms with Gasteiger partial charge in [-0.25, -0.2) is 13.1 Å². The average Bonchev–Trinajstić information content (AvgIpc) is 3.12. The Balaban J connectivity index is 1.48. The van der Waals surface area contributed by atoms with Crippen LogP contribution in [0.15, 0.2) is 101 Å². The van der Waals surface area contributed by atoms with Crippen molar-refractivity contribution in [3.8, 4) is 5.69 Å². The van der Waals surface area contributed by atoms with Gasteiger partial charge in [0.1, 0.15) is 10.6 Å². The highest BCUT2D eigenvalue weighted by Crippen LogP contribution is 2.27. The Kier molecular flexibility index (Phi) is 6.56. The van der Waals surface area contributed by atoms with Crippen molar-refractivity contribution < 1.29 is 13.2 Å². The molecule has 10 heteroatoms. The Morgan fingerprint density at radius 3 is 2.34 bits per heavy atom. The number of fused-ring (bicyclic) bond motifs is 1. The molecule has 0 aliphatic heterocycles. The summed E-state index contributed by atoms with van der Waals surface area (Å²) in [6.45, 7) is 1.63. The van der Waals surface area contributed by atoms with Gasteiger partial charge < -0.3 is 5.32 Å². The second kappa shape index (κ2) is 9.85. The number of nitrogens with one attached hydrogen (secondary N) is 2. The molecule has 0 saturated carbocycles. The molecule has 0 spiro atoms. The van der Waals surface area contributed by atoms with E-state index < -0.39 is 21.5 Å². The lowest BCUT2D eigenvalue weighted by Crippen LogP contribution is -2.23. The molecule has 0 aliphatic carbocycles. The number of rotatable bonds is 6. The Bertz CT molecular complexity index is 1860. The monoisotopic (exact) mass is 546 g/mol. The predicted octanol–water partition coefficient (Wildman–Crippen LogP) is 5.34. The number of hydrogen-bond acceptors (Lipinski definition) is 4. The lowest BCUT2D eigenvalue weighted by molar-refractivity contribution is 0.102. The minimum atomic E-state index is -4.33. The Morgan fingerprint density at radius 1 is 0.895 bits per heavy atom. The van der Waals surface area contributed by atoms with Crippen LogP contribution in [0, 0.1) is 6.92 Å². The van der Waals surface area contributed by atoms with Crippen molar-refractivity contribution in [2.45, 2.75) is 11.8 Å². The number of benzene rings is 4. The largest absolute Gasteiger partial charge is 0.321 e. The van der Waals surface area contributed by atoms with Crippen LogP contribution in [-0.2, 0) is 17.1 Å². The zero-order valence-corrected chi connectivity index (χ0v) is 22.0. The number of aromatic nitrogens is 2. The van der Waals surface area contributed by atoms with Gasteiger partial charge in [0.15, 0.2) is 0 Å². The first-order valence-corrected chi connectivity index (χ1v) is 13.5. The van der Waals surface area contributed by atoms with E-state index in [1.165, 1.54) is 22.9 Å². The molecule has 5 rings (SSSR count). The molecule has 1 amide bonds. The van der Waals surface area contributed by atoms with Crippen LogP contribution < -0.4 is 15.6 Å². The van der Waals surface area contributed by atoms with E-state index >= 15 is 0 Å². The van der Waals surface area contributed by atoms with Crippen molar-refractivity contribution in [3.05, 3.63) is 118 Å². The van der Waals surface area contributed by atoms with Gasteiger partial charge in [-0.05, 0) is 48.7 Å². The van der Waals surface area contributed by atoms with Gasteiger partial charge in [-0.1, -0.05) is 66.2 Å². The Hall–Kier alpha value is -4.34. The second-order valence-electron chi connectivity index (χ2n) is 8.67. The molecular weight excluding hydrogens is 524 g/mol. The van der Waals surface area contributed by atoms with Crippen molar-refractivity contribution >= 4 is 49.7 Å². The van der Waals surface area contributed by atoms with Crippen molar-refractivity contribution in [2.24, 2.45) is 7.05 Å². The van der Waals surface area contributed by atoms with E-state index in [4.69, 9.17) is 11.6 Å². The molecule has 192 valence electrons. The van der Waals surface area contributed by atoms with E-state index in [2.05, 4.69) is 10.0 Å². The molecule has 0 saturated heterocycles. The molecule has 5 aromatic rings. The molecule has 0 unspecified atom stereocenters. The topological polar surface area (TPSA) is 102 Å². The molecule has 1 heterocycles. The summed E-state index contributed by atoms with van der Waals surface area (Å²) in [7, 11) is -2.67. The van der Waals surface area contributed by atoms with Gasteiger partial charge in [0.2, 0.25) is 0 Å². The van der Waals surface area contributed by atoms with Gasteiger partial charge >= 0.3 is 0 Å². The lowest BCUT2D eigenvalue weighted by atomic mass is 10.1. The van der Waals surface area contributed by atoms with Gasteiger partial charge in [-0.3, -0.25) is 19.0 Å². The van der Waals surface area contributed by atoms with Gasteiger partial charge in [-0.15, -0.1) is 0 Å². The number of nitrogens with zero attached hydrogens (tertiary/aromatic N) is 2. The third kappa shape index (κ3) is 4.57. The predicted molar refractivity (Wildman–Crippen MR) is 150 cm³/mol. The first kappa shape index (κ1) is 25.3. The maximum atomic E-state index is 13.4. The summed E-state index contributed by atoms with van der Waals surface area (Å²) >= 11 is 6.26. The number of carbonyl (C=O) groups is 1. The number of amides is 1. The van der Waals surface area contributed by atoms with E-state index in [1.54, 1.807) is 49.0 Å². The highest BCUT2D eigenvalue weighted by atomic mass is 35.5. The van der Waals surface area contributed by atoms with Gasteiger partial charge in [0, 0.05) is 23.7 Å². The minimum Gasteiger partial charge on any atom is -0.321 e. The Labute approximate surface area is 224 Å². The number of halogens is 1. The molecule has 1 aromatic heterocycles. The first-order valence-electron chi connectivity index (χ1n) is 11.6. The molecule has 2 N–H and O–H groups in total. The van der Waals surface area contributed by atoms with Gasteiger partial charge in [0.05, 0.1) is 16.4 Å². The number of carbonyl (C=O) groups excluding carboxylic acids is 1. The fourth-order valence-corrected chi connectivity index (χ4v) is 5.90. The van der Waals surface area contributed by atoms with Crippen LogP contribution in [0.5, 0.6) is 0 Å². The summed E-state index contributed by atoms with van der Waals surface area (Å²) in [4.78, 5) is 26.0. The molecular formula is C28H23ClN4O4S. The van der Waals surface area contributed by atoms with E-state index in [0.29, 0.717) is 17.1 Å². The van der Waals surface area contributed by atoms with Gasteiger partial charge in [0.25, 0.3) is 21.5 Å². The normalized spacial score (nSPS) is 11.4. The SMILES string of the molecule is Cc1c(NS(=O)(=O)c2cc(C(=O)Nc3cccc4ccccc34)ccc2Cl)c(=O)n(-c2ccccc2)n1C. The van der Waals surface area contributed by atoms with E-state index in [1.807, 2.05) is 42.5 Å². The van der Waals surface area contributed by atoms with E-state index in [0.717, 1.165) is 10.8 Å². The van der Waals surface area contributed by atoms with Crippen LogP contribution in [0.2, 0.25) is 5.02 Å². The first-order chi connectivity index (χ1) is 18.2. The number of sulfonamides is 1. The molecule has 0 atom stereocenters. The van der Waals surface area contributed by atoms with Crippen LogP contribution in [0.3, 0.4) is 0 Å². The minimum absolute atomic E-state index is 0.0869. The van der Waals surface area contributed by atoms with Crippen LogP contribution in [-0.4, -0.2) is 23.7 Å². The molecule has 4 aromatic carbocycles. The molecule has 38 heavy (non-hydrogen) atoms. The van der Waals surface area contributed by atoms with Crippen LogP contribution in [0.4, 0.5) is 11.4 Å². The summed E-state index contributed by atoms with van der Waals surface area (Å²) in [5, 5.41) is 4.56. The standard InChI is InChI=1S/C28H23ClN4O4S/c1-18-26(28(35)33(32(18)2)21-11-4-3-5-12-21)31-38(36,37)25-17-20(15-16-23(25)29)27(34)30-24-14-8-10-19-9-6-7-13-22(19)24/h3-17,31H,1-2H3,(H,30,34). The molecule has 0 fully saturated rings. The zero-order chi connectivity index (χ0) is 27.0. The Morgan fingerprint density at radius 2 is 1.58 bits per heavy atom. The summed E-state index contributed by atoms with van der Waals surface area (Å²) in [5.41, 5.74) is 1.02. The highest BCUT2D eigenvalue weighted by Gasteiger charge is 2.25. The summed E-state index contributed by atoms with van der Waals surface area (Å²) in [6, 6.07) is 26.0. The molecule has 0 bridgehead atoms. The second-order valence-corrected chi connectivity index (χ2v) is 10.7. The third-order valence-corrected chi connectivity index (χ3v) is 8.14. The van der Waals surface area contributed by atoms with Crippen molar-refractivity contribution in [3.63, 3.8) is 0 Å². The maximum Gasteiger partial charge on any atom is 0.296 e. The van der Waals surface area contributed by atoms with E-state index in [9.17, 15) is 18.0 Å². The fraction of sp³-hybridized carbons (Fsp3) is 0.0714. The number of para-hydroxylation sites is 1. The van der Waals surface area contributed by atoms with Gasteiger partial charge in [-0.2, -0.15) is 0 Å². The third-order valence-electron chi connectivity index (χ3n) is 6.31. The fourth-order valence-electron chi connectivity index (χ4n) is 4.25. The zero-order valence-electron chi connectivity index (χ0n) is 20.5. The summed E-state index contributed by atoms with van der Waals surface area (Å²) in [6.07, 6.45) is 0. The highest BCUT2D eigenvalue weighted by molar-refractivity contribution is 7.92. The quantitative estimate of drug-likeness (QED) is 0.300. The molecule has 8 nitrogen and oxygen atoms in total. The van der Waals surface area contributed by atoms with Crippen LogP contribution in [0.25, 0.3) is 16.5 Å². The summed E-state index contributed by atoms with van der Waals surface area (Å²) in [5.74, 6) is -0.503. The van der Waals surface area contributed by atoms with Crippen molar-refractivity contribution in [1.29, 1.82) is 0 Å². The number of hydrogen-bond donors (Lipinski definition) is 2. The maximum absolute atomic E-state index is 13.4. The van der Waals surface area contributed by atoms with Crippen LogP contribution >= 0.6 is 11.6 Å². The van der Waals surface area contributed by atoms with Crippen LogP contribution in [0.1, 0.15) is 16.1 Å². The smallest absolute Gasteiger partial charge is 0.296 e. The number of anilines is 2. The average molecular weight is 547 g/mol. The summed E-state index contributed by atoms with van der Waals surface area (Å²) < 4.78 is 32.1. The molecule has 0 aliphatic rings. The molecule has 0 radical (unpaired) electrons.